The van der Waals surface area contributed by atoms with Crippen molar-refractivity contribution in [3.05, 3.63) is 0 Å². The van der Waals surface area contributed by atoms with Gasteiger partial charge in [-0.2, -0.15) is 6.26 Å². The molecule has 0 saturated carbocycles. The molecular formula is CH4OSSr. The standard InChI is InChI=1S/CH4S.H2O.Sr/c1-2;;/h2H,1H3;1H2;/q;;+2/p-2. The monoisotopic (exact) mass is 152 g/mol. The first kappa shape index (κ1) is 17.1. The SMILES string of the molecule is C[S-].[OH-].[Sr+2]. The van der Waals surface area contributed by atoms with E-state index in [1.165, 1.54) is 0 Å². The van der Waals surface area contributed by atoms with Crippen LogP contribution in [0.15, 0.2) is 0 Å². The molecule has 4 heavy (non-hydrogen) atoms. The first-order valence-electron chi connectivity index (χ1n) is 0.408. The zero-order chi connectivity index (χ0) is 2.00. The second kappa shape index (κ2) is 21.5. The van der Waals surface area contributed by atoms with E-state index in [0.29, 0.717) is 0 Å². The Hall–Kier alpha value is 1.79. The summed E-state index contributed by atoms with van der Waals surface area (Å²) in [5.74, 6) is 0. The minimum absolute atomic E-state index is 0. The van der Waals surface area contributed by atoms with Gasteiger partial charge in [-0.05, 0) is 0 Å². The molecule has 0 fully saturated rings. The van der Waals surface area contributed by atoms with Crippen LogP contribution in [0.3, 0.4) is 0 Å². The zero-order valence-corrected chi connectivity index (χ0v) is 6.86. The Bertz CT molecular complexity index is 8.00. The summed E-state index contributed by atoms with van der Waals surface area (Å²) < 4.78 is 0. The summed E-state index contributed by atoms with van der Waals surface area (Å²) in [6, 6.07) is 0. The van der Waals surface area contributed by atoms with E-state index in [9.17, 15) is 0 Å². The average Bonchev–Trinajstić information content (AvgIpc) is 1.00. The molecule has 0 aliphatic heterocycles. The van der Waals surface area contributed by atoms with Crippen LogP contribution < -0.4 is 0 Å². The minimum Gasteiger partial charge on any atom is -0.870 e. The van der Waals surface area contributed by atoms with Gasteiger partial charge >= 0.3 is 45.5 Å². The number of rotatable bonds is 0. The molecule has 0 bridgehead atoms. The van der Waals surface area contributed by atoms with Crippen LogP contribution in [-0.2, 0) is 12.6 Å². The third-order valence-corrected chi connectivity index (χ3v) is 0. The summed E-state index contributed by atoms with van der Waals surface area (Å²) in [6.07, 6.45) is 1.58. The molecule has 0 heterocycles. The molecule has 0 aromatic rings. The quantitative estimate of drug-likeness (QED) is 0.349. The van der Waals surface area contributed by atoms with Gasteiger partial charge in [-0.3, -0.25) is 0 Å². The maximum Gasteiger partial charge on any atom is 2.00 e. The predicted octanol–water partition coefficient (Wildman–Crippen LogP) is -0.395. The first-order chi connectivity index (χ1) is 1.00. The van der Waals surface area contributed by atoms with Gasteiger partial charge < -0.3 is 18.1 Å². The topological polar surface area (TPSA) is 30.0 Å². The summed E-state index contributed by atoms with van der Waals surface area (Å²) in [4.78, 5) is 0. The van der Waals surface area contributed by atoms with Crippen LogP contribution in [0.5, 0.6) is 0 Å². The Kier molecular flexibility index (Phi) is 91.6. The van der Waals surface area contributed by atoms with Crippen LogP contribution in [0.1, 0.15) is 0 Å². The first-order valence-corrected chi connectivity index (χ1v) is 1.22. The second-order valence-corrected chi connectivity index (χ2v) is 0. The molecule has 0 aromatic heterocycles. The molecule has 0 spiro atoms. The van der Waals surface area contributed by atoms with E-state index in [0.717, 1.165) is 0 Å². The van der Waals surface area contributed by atoms with E-state index in [-0.39, 0.29) is 51.0 Å². The van der Waals surface area contributed by atoms with Gasteiger partial charge in [0.05, 0.1) is 0 Å². The molecular weight excluding hydrogens is 148 g/mol. The molecule has 3 heteroatoms. The maximum absolute atomic E-state index is 4.08. The molecule has 22 valence electrons. The van der Waals surface area contributed by atoms with Crippen molar-refractivity contribution < 1.29 is 5.48 Å². The Morgan fingerprint density at radius 2 is 1.25 bits per heavy atom. The Morgan fingerprint density at radius 1 is 1.25 bits per heavy atom. The normalized spacial score (nSPS) is 1.50. The molecule has 0 saturated heterocycles. The molecule has 0 aromatic carbocycles. The zero-order valence-electron chi connectivity index (χ0n) is 2.56. The second-order valence-electron chi connectivity index (χ2n) is 0. The van der Waals surface area contributed by atoms with Crippen LogP contribution >= 0.6 is 0 Å². The van der Waals surface area contributed by atoms with Gasteiger partial charge in [-0.15, -0.1) is 0 Å². The molecule has 0 rings (SSSR count). The Labute approximate surface area is 68.8 Å². The van der Waals surface area contributed by atoms with Crippen molar-refractivity contribution >= 4 is 58.1 Å². The van der Waals surface area contributed by atoms with Gasteiger partial charge in [0.25, 0.3) is 0 Å². The minimum atomic E-state index is 0. The van der Waals surface area contributed by atoms with E-state index >= 15 is 0 Å². The third-order valence-electron chi connectivity index (χ3n) is 0. The average molecular weight is 152 g/mol. The van der Waals surface area contributed by atoms with Crippen LogP contribution in [0.25, 0.3) is 0 Å². The van der Waals surface area contributed by atoms with E-state index in [4.69, 9.17) is 0 Å². The van der Waals surface area contributed by atoms with Gasteiger partial charge in [-0.1, -0.05) is 0 Å². The van der Waals surface area contributed by atoms with Crippen molar-refractivity contribution in [3.63, 3.8) is 0 Å². The van der Waals surface area contributed by atoms with Crippen LogP contribution in [0.2, 0.25) is 0 Å². The van der Waals surface area contributed by atoms with Gasteiger partial charge in [0.2, 0.25) is 0 Å². The maximum atomic E-state index is 4.08. The summed E-state index contributed by atoms with van der Waals surface area (Å²) in [7, 11) is 0. The van der Waals surface area contributed by atoms with Crippen molar-refractivity contribution in [2.45, 2.75) is 0 Å². The summed E-state index contributed by atoms with van der Waals surface area (Å²) in [6.45, 7) is 0. The summed E-state index contributed by atoms with van der Waals surface area (Å²) in [5, 5.41) is 0. The molecule has 0 unspecified atom stereocenters. The predicted molar refractivity (Wildman–Crippen MR) is 21.0 cm³/mol. The fraction of sp³-hybridized carbons (Fsp3) is 1.00. The van der Waals surface area contributed by atoms with Crippen molar-refractivity contribution in [1.82, 2.24) is 0 Å². The molecule has 1 N–H and O–H groups in total. The van der Waals surface area contributed by atoms with E-state index in [2.05, 4.69) is 12.6 Å². The fourth-order valence-electron chi connectivity index (χ4n) is 0. The molecule has 0 amide bonds. The van der Waals surface area contributed by atoms with Crippen molar-refractivity contribution in [1.29, 1.82) is 0 Å². The van der Waals surface area contributed by atoms with Gasteiger partial charge in [-0.25, -0.2) is 0 Å². The largest absolute Gasteiger partial charge is 2.00 e. The molecule has 0 aliphatic carbocycles. The number of hydrogen-bond acceptors (Lipinski definition) is 2. The van der Waals surface area contributed by atoms with Gasteiger partial charge in [0.1, 0.15) is 0 Å². The van der Waals surface area contributed by atoms with Crippen molar-refractivity contribution in [3.8, 4) is 0 Å². The van der Waals surface area contributed by atoms with E-state index in [1.54, 1.807) is 6.26 Å². The van der Waals surface area contributed by atoms with E-state index < -0.39 is 0 Å². The van der Waals surface area contributed by atoms with Crippen LogP contribution in [0.4, 0.5) is 0 Å². The molecule has 0 radical (unpaired) electrons. The van der Waals surface area contributed by atoms with E-state index in [1.807, 2.05) is 0 Å². The Balaban J connectivity index is -0.00000000500. The van der Waals surface area contributed by atoms with Gasteiger partial charge in [0, 0.05) is 0 Å². The smallest absolute Gasteiger partial charge is 0.870 e. The molecule has 0 atom stereocenters. The molecule has 0 aliphatic rings. The van der Waals surface area contributed by atoms with Crippen molar-refractivity contribution in [2.75, 3.05) is 6.26 Å². The third kappa shape index (κ3) is 9.21. The fourth-order valence-corrected chi connectivity index (χ4v) is 0. The molecule has 1 nitrogen and oxygen atoms in total. The Morgan fingerprint density at radius 3 is 1.25 bits per heavy atom. The van der Waals surface area contributed by atoms with Gasteiger partial charge in [0.15, 0.2) is 0 Å². The summed E-state index contributed by atoms with van der Waals surface area (Å²) >= 11 is 4.08. The van der Waals surface area contributed by atoms with Crippen LogP contribution in [-0.4, -0.2) is 57.2 Å². The van der Waals surface area contributed by atoms with Crippen molar-refractivity contribution in [2.24, 2.45) is 0 Å². The van der Waals surface area contributed by atoms with Crippen LogP contribution in [0, 0.1) is 0 Å². The summed E-state index contributed by atoms with van der Waals surface area (Å²) in [5.41, 5.74) is 0. The number of hydrogen-bond donors (Lipinski definition) is 0.